The molecule has 0 heterocycles. The fraction of sp³-hybridized carbons (Fsp3) is 0.471. The average molecular weight is 306 g/mol. The van der Waals surface area contributed by atoms with Crippen LogP contribution in [0.1, 0.15) is 38.7 Å². The van der Waals surface area contributed by atoms with Crippen LogP contribution < -0.4 is 0 Å². The van der Waals surface area contributed by atoms with Crippen LogP contribution >= 0.6 is 0 Å². The van der Waals surface area contributed by atoms with Crippen molar-refractivity contribution in [2.24, 2.45) is 11.8 Å². The largest absolute Gasteiger partial charge is 0.389 e. The summed E-state index contributed by atoms with van der Waals surface area (Å²) in [4.78, 5) is 36.3. The lowest BCUT2D eigenvalue weighted by molar-refractivity contribution is -0.151. The number of benzene rings is 1. The van der Waals surface area contributed by atoms with Crippen LogP contribution in [0.5, 0.6) is 0 Å². The van der Waals surface area contributed by atoms with Gasteiger partial charge < -0.3 is 5.11 Å². The van der Waals surface area contributed by atoms with Gasteiger partial charge in [0.15, 0.2) is 0 Å². The van der Waals surface area contributed by atoms with E-state index in [2.05, 4.69) is 0 Å². The summed E-state index contributed by atoms with van der Waals surface area (Å²) in [5, 5.41) is 10.5. The second-order valence-corrected chi connectivity index (χ2v) is 6.26. The summed E-state index contributed by atoms with van der Waals surface area (Å²) in [5.41, 5.74) is -1.17. The van der Waals surface area contributed by atoms with E-state index in [0.29, 0.717) is 5.56 Å². The Balaban J connectivity index is 2.64. The van der Waals surface area contributed by atoms with E-state index in [1.165, 1.54) is 39.0 Å². The molecule has 0 bridgehead atoms. The molecule has 0 saturated heterocycles. The molecule has 4 atom stereocenters. The first-order valence-electron chi connectivity index (χ1n) is 7.16. The minimum atomic E-state index is -1.55. The van der Waals surface area contributed by atoms with Gasteiger partial charge >= 0.3 is 0 Å². The molecule has 0 radical (unpaired) electrons. The van der Waals surface area contributed by atoms with Crippen molar-refractivity contribution >= 4 is 17.3 Å². The van der Waals surface area contributed by atoms with Crippen LogP contribution in [-0.2, 0) is 14.4 Å². The van der Waals surface area contributed by atoms with Crippen molar-refractivity contribution in [1.82, 2.24) is 0 Å². The van der Waals surface area contributed by atoms with Crippen molar-refractivity contribution in [3.05, 3.63) is 35.6 Å². The van der Waals surface area contributed by atoms with Gasteiger partial charge in [-0.1, -0.05) is 12.1 Å². The third kappa shape index (κ3) is 2.86. The van der Waals surface area contributed by atoms with Gasteiger partial charge in [-0.15, -0.1) is 0 Å². The smallest absolute Gasteiger partial charge is 0.146 e. The highest BCUT2D eigenvalue weighted by molar-refractivity contribution is 6.05. The molecule has 0 spiro atoms. The number of rotatable bonds is 3. The Morgan fingerprint density at radius 2 is 1.91 bits per heavy atom. The number of carbonyl (C=O) groups excluding carboxylic acids is 3. The molecule has 0 amide bonds. The van der Waals surface area contributed by atoms with E-state index in [-0.39, 0.29) is 18.0 Å². The van der Waals surface area contributed by atoms with Crippen molar-refractivity contribution in [2.75, 3.05) is 0 Å². The van der Waals surface area contributed by atoms with Crippen LogP contribution in [0.2, 0.25) is 0 Å². The summed E-state index contributed by atoms with van der Waals surface area (Å²) >= 11 is 0. The van der Waals surface area contributed by atoms with Gasteiger partial charge in [-0.3, -0.25) is 14.4 Å². The lowest BCUT2D eigenvalue weighted by atomic mass is 9.60. The monoisotopic (exact) mass is 306 g/mol. The van der Waals surface area contributed by atoms with E-state index < -0.39 is 35.0 Å². The second-order valence-electron chi connectivity index (χ2n) is 6.26. The molecule has 1 saturated carbocycles. The number of aliphatic hydroxyl groups is 1. The zero-order valence-electron chi connectivity index (χ0n) is 12.8. The second kappa shape index (κ2) is 5.72. The molecule has 118 valence electrons. The highest BCUT2D eigenvalue weighted by Crippen LogP contribution is 2.46. The SMILES string of the molecule is CC(=O)[C@@H]1C(=O)C[C@](C)(O)[C@@H](C(C)=O)[C@H]1c1cccc(F)c1. The molecule has 1 aromatic rings. The van der Waals surface area contributed by atoms with E-state index in [4.69, 9.17) is 0 Å². The fourth-order valence-electron chi connectivity index (χ4n) is 3.62. The Labute approximate surface area is 128 Å². The van der Waals surface area contributed by atoms with Crippen molar-refractivity contribution in [1.29, 1.82) is 0 Å². The summed E-state index contributed by atoms with van der Waals surface area (Å²) in [6.07, 6.45) is -0.257. The predicted octanol–water partition coefficient (Wildman–Crippen LogP) is 2.04. The van der Waals surface area contributed by atoms with Gasteiger partial charge in [-0.25, -0.2) is 4.39 Å². The molecular formula is C17H19FO4. The Kier molecular flexibility index (Phi) is 4.29. The van der Waals surface area contributed by atoms with Gasteiger partial charge in [0.1, 0.15) is 23.2 Å². The number of hydrogen-bond acceptors (Lipinski definition) is 4. The molecule has 4 nitrogen and oxygen atoms in total. The van der Waals surface area contributed by atoms with Crippen LogP contribution in [0.3, 0.4) is 0 Å². The number of ketones is 3. The summed E-state index contributed by atoms with van der Waals surface area (Å²) < 4.78 is 13.6. The van der Waals surface area contributed by atoms with Gasteiger partial charge in [0.05, 0.1) is 17.4 Å². The van der Waals surface area contributed by atoms with E-state index in [1.807, 2.05) is 0 Å². The third-order valence-electron chi connectivity index (χ3n) is 4.38. The van der Waals surface area contributed by atoms with Crippen LogP contribution in [0.4, 0.5) is 4.39 Å². The third-order valence-corrected chi connectivity index (χ3v) is 4.38. The zero-order valence-corrected chi connectivity index (χ0v) is 12.8. The maximum atomic E-state index is 13.6. The Morgan fingerprint density at radius 3 is 2.41 bits per heavy atom. The van der Waals surface area contributed by atoms with Crippen LogP contribution in [0, 0.1) is 17.7 Å². The standard InChI is InChI=1S/C17H19FO4/c1-9(19)14-13(21)8-17(3,22)16(10(2)20)15(14)11-5-4-6-12(18)7-11/h4-7,14-16,22H,8H2,1-3H3/t14-,15+,16+,17+/m1/s1. The molecule has 0 aliphatic heterocycles. The Hall–Kier alpha value is -1.88. The van der Waals surface area contributed by atoms with E-state index in [9.17, 15) is 23.9 Å². The summed E-state index contributed by atoms with van der Waals surface area (Å²) in [6.45, 7) is 4.02. The van der Waals surface area contributed by atoms with Gasteiger partial charge in [0.2, 0.25) is 0 Å². The maximum Gasteiger partial charge on any atom is 0.146 e. The lowest BCUT2D eigenvalue weighted by Gasteiger charge is -2.44. The fourth-order valence-corrected chi connectivity index (χ4v) is 3.62. The minimum Gasteiger partial charge on any atom is -0.389 e. The van der Waals surface area contributed by atoms with Gasteiger partial charge in [-0.05, 0) is 38.5 Å². The number of carbonyl (C=O) groups is 3. The van der Waals surface area contributed by atoms with Gasteiger partial charge in [0, 0.05) is 12.3 Å². The zero-order chi connectivity index (χ0) is 16.7. The molecule has 5 heteroatoms. The highest BCUT2D eigenvalue weighted by atomic mass is 19.1. The topological polar surface area (TPSA) is 71.4 Å². The van der Waals surface area contributed by atoms with Crippen LogP contribution in [0.15, 0.2) is 24.3 Å². The molecule has 2 rings (SSSR count). The molecule has 22 heavy (non-hydrogen) atoms. The average Bonchev–Trinajstić information content (AvgIpc) is 2.35. The van der Waals surface area contributed by atoms with Crippen molar-refractivity contribution in [3.8, 4) is 0 Å². The Morgan fingerprint density at radius 1 is 1.27 bits per heavy atom. The number of Topliss-reactive ketones (excluding diaryl/α,β-unsaturated/α-hetero) is 3. The first kappa shape index (κ1) is 16.5. The summed E-state index contributed by atoms with van der Waals surface area (Å²) in [7, 11) is 0. The molecule has 1 N–H and O–H groups in total. The van der Waals surface area contributed by atoms with Crippen molar-refractivity contribution in [2.45, 2.75) is 38.7 Å². The minimum absolute atomic E-state index is 0.257. The van der Waals surface area contributed by atoms with E-state index in [0.717, 1.165) is 0 Å². The summed E-state index contributed by atoms with van der Waals surface area (Å²) in [5.74, 6) is -4.43. The molecule has 1 aromatic carbocycles. The predicted molar refractivity (Wildman–Crippen MR) is 77.7 cm³/mol. The first-order chi connectivity index (χ1) is 10.1. The van der Waals surface area contributed by atoms with Gasteiger partial charge in [0.25, 0.3) is 0 Å². The van der Waals surface area contributed by atoms with Crippen LogP contribution in [0.25, 0.3) is 0 Å². The lowest BCUT2D eigenvalue weighted by Crippen LogP contribution is -2.53. The molecule has 1 fully saturated rings. The molecule has 1 aliphatic rings. The first-order valence-corrected chi connectivity index (χ1v) is 7.16. The normalized spacial score (nSPS) is 31.9. The maximum absolute atomic E-state index is 13.6. The molecule has 0 unspecified atom stereocenters. The molecule has 1 aliphatic carbocycles. The quantitative estimate of drug-likeness (QED) is 0.868. The summed E-state index contributed by atoms with van der Waals surface area (Å²) in [6, 6.07) is 5.50. The van der Waals surface area contributed by atoms with Crippen molar-refractivity contribution < 1.29 is 23.9 Å². The molecular weight excluding hydrogens is 287 g/mol. The highest BCUT2D eigenvalue weighted by Gasteiger charge is 2.53. The van der Waals surface area contributed by atoms with Crippen LogP contribution in [-0.4, -0.2) is 28.1 Å². The Bertz CT molecular complexity index is 635. The number of halogens is 1. The van der Waals surface area contributed by atoms with E-state index in [1.54, 1.807) is 6.07 Å². The molecule has 0 aromatic heterocycles. The van der Waals surface area contributed by atoms with E-state index >= 15 is 0 Å². The van der Waals surface area contributed by atoms with Gasteiger partial charge in [-0.2, -0.15) is 0 Å². The van der Waals surface area contributed by atoms with Crippen molar-refractivity contribution in [3.63, 3.8) is 0 Å². The number of hydrogen-bond donors (Lipinski definition) is 1.